The van der Waals surface area contributed by atoms with E-state index >= 15 is 0 Å². The Hall–Kier alpha value is -1.22. The van der Waals surface area contributed by atoms with Crippen LogP contribution in [-0.4, -0.2) is 22.7 Å². The second-order valence-electron chi connectivity index (χ2n) is 6.58. The van der Waals surface area contributed by atoms with Crippen molar-refractivity contribution in [2.24, 2.45) is 0 Å². The van der Waals surface area contributed by atoms with Gasteiger partial charge >= 0.3 is 5.97 Å². The van der Waals surface area contributed by atoms with Crippen molar-refractivity contribution in [3.8, 4) is 0 Å². The lowest BCUT2D eigenvalue weighted by Crippen LogP contribution is -2.51. The molecule has 0 aliphatic carbocycles. The van der Waals surface area contributed by atoms with E-state index in [1.165, 1.54) is 0 Å². The van der Waals surface area contributed by atoms with Crippen molar-refractivity contribution in [3.63, 3.8) is 0 Å². The molecule has 4 heteroatoms. The molecule has 3 nitrogen and oxygen atoms in total. The van der Waals surface area contributed by atoms with Gasteiger partial charge in [-0.3, -0.25) is 0 Å². The quantitative estimate of drug-likeness (QED) is 0.871. The summed E-state index contributed by atoms with van der Waals surface area (Å²) in [6, 6.07) is 3.90. The van der Waals surface area contributed by atoms with E-state index in [2.05, 4.69) is 39.5 Å². The number of benzene rings is 1. The Morgan fingerprint density at radius 2 is 2.05 bits per heavy atom. The molecule has 1 aromatic rings. The average molecular weight is 296 g/mol. The molecule has 2 rings (SSSR count). The highest BCUT2D eigenvalue weighted by Gasteiger charge is 2.38. The van der Waals surface area contributed by atoms with Crippen molar-refractivity contribution in [2.45, 2.75) is 58.5 Å². The second kappa shape index (κ2) is 4.96. The minimum Gasteiger partial charge on any atom is -0.478 e. The number of aromatic carboxylic acids is 1. The fraction of sp³-hybridized carbons (Fsp3) is 0.562. The Morgan fingerprint density at radius 3 is 2.55 bits per heavy atom. The standard InChI is InChI=1S/C16H22ClNO2/c1-9(2)18-14-7-13(17)12(15(19)20)6-11(14)10(3)8-16(18,4)5/h6-7,9-10H,8H2,1-5H3,(H,19,20). The van der Waals surface area contributed by atoms with E-state index in [-0.39, 0.29) is 11.1 Å². The fourth-order valence-corrected chi connectivity index (χ4v) is 3.85. The Morgan fingerprint density at radius 1 is 1.45 bits per heavy atom. The molecule has 1 atom stereocenters. The normalized spacial score (nSPS) is 20.9. The lowest BCUT2D eigenvalue weighted by atomic mass is 9.79. The predicted molar refractivity (Wildman–Crippen MR) is 83.1 cm³/mol. The fourth-order valence-electron chi connectivity index (χ4n) is 3.61. The third-order valence-electron chi connectivity index (χ3n) is 4.11. The van der Waals surface area contributed by atoms with Crippen LogP contribution in [0.3, 0.4) is 0 Å². The van der Waals surface area contributed by atoms with Crippen LogP contribution in [0.5, 0.6) is 0 Å². The second-order valence-corrected chi connectivity index (χ2v) is 6.98. The highest BCUT2D eigenvalue weighted by molar-refractivity contribution is 6.33. The highest BCUT2D eigenvalue weighted by Crippen LogP contribution is 2.46. The van der Waals surface area contributed by atoms with E-state index in [0.29, 0.717) is 17.0 Å². The topological polar surface area (TPSA) is 40.5 Å². The average Bonchev–Trinajstić information content (AvgIpc) is 2.25. The van der Waals surface area contributed by atoms with Crippen molar-refractivity contribution in [1.82, 2.24) is 0 Å². The summed E-state index contributed by atoms with van der Waals surface area (Å²) in [7, 11) is 0. The minimum atomic E-state index is -0.967. The Kier molecular flexibility index (Phi) is 3.76. The van der Waals surface area contributed by atoms with Gasteiger partial charge in [-0.2, -0.15) is 0 Å². The van der Waals surface area contributed by atoms with Crippen LogP contribution in [0.25, 0.3) is 0 Å². The summed E-state index contributed by atoms with van der Waals surface area (Å²) in [5.74, 6) is -0.642. The van der Waals surface area contributed by atoms with Crippen LogP contribution in [0.15, 0.2) is 12.1 Å². The van der Waals surface area contributed by atoms with Crippen LogP contribution in [0.2, 0.25) is 5.02 Å². The van der Waals surface area contributed by atoms with Crippen LogP contribution in [0.1, 0.15) is 62.9 Å². The molecule has 0 bridgehead atoms. The van der Waals surface area contributed by atoms with Crippen LogP contribution >= 0.6 is 11.6 Å². The third kappa shape index (κ3) is 2.39. The summed E-state index contributed by atoms with van der Waals surface area (Å²) < 4.78 is 0. The van der Waals surface area contributed by atoms with Gasteiger partial charge in [0.15, 0.2) is 0 Å². The number of hydrogen-bond donors (Lipinski definition) is 1. The van der Waals surface area contributed by atoms with Gasteiger partial charge in [0, 0.05) is 17.3 Å². The van der Waals surface area contributed by atoms with Crippen molar-refractivity contribution in [1.29, 1.82) is 0 Å². The summed E-state index contributed by atoms with van der Waals surface area (Å²) >= 11 is 6.16. The molecule has 0 radical (unpaired) electrons. The summed E-state index contributed by atoms with van der Waals surface area (Å²) in [6.45, 7) is 10.9. The first kappa shape index (κ1) is 15.2. The molecule has 1 aliphatic heterocycles. The van der Waals surface area contributed by atoms with E-state index in [4.69, 9.17) is 11.6 Å². The van der Waals surface area contributed by atoms with Gasteiger partial charge in [-0.25, -0.2) is 4.79 Å². The van der Waals surface area contributed by atoms with Gasteiger partial charge in [0.25, 0.3) is 0 Å². The summed E-state index contributed by atoms with van der Waals surface area (Å²) in [4.78, 5) is 13.6. The number of rotatable bonds is 2. The lowest BCUT2D eigenvalue weighted by molar-refractivity contribution is 0.0697. The molecule has 110 valence electrons. The zero-order valence-electron chi connectivity index (χ0n) is 12.7. The van der Waals surface area contributed by atoms with Crippen LogP contribution in [0, 0.1) is 0 Å². The number of hydrogen-bond acceptors (Lipinski definition) is 2. The number of halogens is 1. The summed E-state index contributed by atoms with van der Waals surface area (Å²) in [6.07, 6.45) is 0.999. The maximum atomic E-state index is 11.3. The van der Waals surface area contributed by atoms with Crippen LogP contribution < -0.4 is 4.90 Å². The first-order valence-corrected chi connectivity index (χ1v) is 7.39. The van der Waals surface area contributed by atoms with E-state index in [1.807, 2.05) is 6.07 Å². The smallest absolute Gasteiger partial charge is 0.337 e. The van der Waals surface area contributed by atoms with Crippen LogP contribution in [0.4, 0.5) is 5.69 Å². The maximum Gasteiger partial charge on any atom is 0.337 e. The number of anilines is 1. The van der Waals surface area contributed by atoms with Gasteiger partial charge in [0.2, 0.25) is 0 Å². The minimum absolute atomic E-state index is 0.0364. The molecule has 0 saturated heterocycles. The largest absolute Gasteiger partial charge is 0.478 e. The number of carboxylic acid groups (broad SMARTS) is 1. The van der Waals surface area contributed by atoms with Crippen LogP contribution in [-0.2, 0) is 0 Å². The van der Waals surface area contributed by atoms with E-state index in [0.717, 1.165) is 17.7 Å². The predicted octanol–water partition coefficient (Wildman–Crippen LogP) is 4.54. The molecule has 1 unspecified atom stereocenters. The molecular weight excluding hydrogens is 274 g/mol. The third-order valence-corrected chi connectivity index (χ3v) is 4.42. The molecule has 20 heavy (non-hydrogen) atoms. The van der Waals surface area contributed by atoms with Crippen molar-refractivity contribution >= 4 is 23.3 Å². The molecular formula is C16H22ClNO2. The molecule has 0 spiro atoms. The lowest BCUT2D eigenvalue weighted by Gasteiger charge is -2.50. The number of carbonyl (C=O) groups is 1. The molecule has 0 amide bonds. The Labute approximate surface area is 125 Å². The van der Waals surface area contributed by atoms with Gasteiger partial charge in [0.05, 0.1) is 10.6 Å². The van der Waals surface area contributed by atoms with Gasteiger partial charge in [-0.05, 0) is 57.7 Å². The molecule has 0 aromatic heterocycles. The van der Waals surface area contributed by atoms with Gasteiger partial charge in [-0.15, -0.1) is 0 Å². The first-order chi connectivity index (χ1) is 9.15. The summed E-state index contributed by atoms with van der Waals surface area (Å²) in [5.41, 5.74) is 2.38. The summed E-state index contributed by atoms with van der Waals surface area (Å²) in [5, 5.41) is 9.55. The zero-order chi connectivity index (χ0) is 15.2. The van der Waals surface area contributed by atoms with E-state index in [1.54, 1.807) is 6.07 Å². The van der Waals surface area contributed by atoms with Crippen molar-refractivity contribution in [2.75, 3.05) is 4.90 Å². The van der Waals surface area contributed by atoms with Crippen molar-refractivity contribution in [3.05, 3.63) is 28.3 Å². The SMILES string of the molecule is CC1CC(C)(C)N(C(C)C)c2cc(Cl)c(C(=O)O)cc21. The number of nitrogens with zero attached hydrogens (tertiary/aromatic N) is 1. The van der Waals surface area contributed by atoms with Gasteiger partial charge in [-0.1, -0.05) is 18.5 Å². The monoisotopic (exact) mass is 295 g/mol. The molecule has 0 saturated carbocycles. The Balaban J connectivity index is 2.67. The zero-order valence-corrected chi connectivity index (χ0v) is 13.5. The highest BCUT2D eigenvalue weighted by atomic mass is 35.5. The first-order valence-electron chi connectivity index (χ1n) is 7.01. The number of carboxylic acids is 1. The van der Waals surface area contributed by atoms with E-state index < -0.39 is 5.97 Å². The molecule has 1 heterocycles. The van der Waals surface area contributed by atoms with Crippen molar-refractivity contribution < 1.29 is 9.90 Å². The van der Waals surface area contributed by atoms with Gasteiger partial charge < -0.3 is 10.0 Å². The molecule has 1 N–H and O–H groups in total. The molecule has 1 aliphatic rings. The molecule has 1 aromatic carbocycles. The van der Waals surface area contributed by atoms with E-state index in [9.17, 15) is 9.90 Å². The Bertz CT molecular complexity index is 552. The maximum absolute atomic E-state index is 11.3. The van der Waals surface area contributed by atoms with Gasteiger partial charge in [0.1, 0.15) is 0 Å². The number of fused-ring (bicyclic) bond motifs is 1. The molecule has 0 fully saturated rings.